The Hall–Kier alpha value is -1.88. The lowest BCUT2D eigenvalue weighted by Crippen LogP contribution is -2.43. The molecular formula is C13H17N3O2. The molecule has 2 rings (SSSR count). The largest absolute Gasteiger partial charge is 0.369 e. The fourth-order valence-corrected chi connectivity index (χ4v) is 1.87. The van der Waals surface area contributed by atoms with Crippen LogP contribution in [0, 0.1) is 5.92 Å². The molecule has 0 saturated carbocycles. The minimum atomic E-state index is -0.357. The molecule has 4 N–H and O–H groups in total. The molecule has 5 nitrogen and oxygen atoms in total. The van der Waals surface area contributed by atoms with Crippen molar-refractivity contribution in [3.63, 3.8) is 0 Å². The molecule has 18 heavy (non-hydrogen) atoms. The number of rotatable bonds is 5. The number of hydrogen-bond donors (Lipinski definition) is 3. The van der Waals surface area contributed by atoms with Gasteiger partial charge >= 0.3 is 0 Å². The minimum Gasteiger partial charge on any atom is -0.369 e. The third kappa shape index (κ3) is 3.56. The maximum atomic E-state index is 11.7. The molecule has 1 aromatic carbocycles. The first-order valence-electron chi connectivity index (χ1n) is 6.01. The van der Waals surface area contributed by atoms with Crippen LogP contribution in [0.3, 0.4) is 0 Å². The van der Waals surface area contributed by atoms with E-state index in [0.29, 0.717) is 12.3 Å². The highest BCUT2D eigenvalue weighted by Crippen LogP contribution is 2.13. The molecule has 1 aliphatic rings. The van der Waals surface area contributed by atoms with Gasteiger partial charge in [-0.25, -0.2) is 0 Å². The minimum absolute atomic E-state index is 0.0316. The second-order valence-electron chi connectivity index (χ2n) is 4.62. The normalized spacial score (nSPS) is 14.9. The standard InChI is InChI=1S/C13H17N3O2/c14-12(17)5-9-1-3-11(4-2-9)16-13(18)6-10-7-15-8-10/h1-4,10,15H,5-8H2,(H2,14,17)(H,16,18). The Balaban J connectivity index is 1.85. The Morgan fingerprint density at radius 1 is 1.28 bits per heavy atom. The number of carbonyl (C=O) groups is 2. The second kappa shape index (κ2) is 5.64. The zero-order valence-corrected chi connectivity index (χ0v) is 10.1. The van der Waals surface area contributed by atoms with E-state index in [2.05, 4.69) is 10.6 Å². The van der Waals surface area contributed by atoms with Crippen molar-refractivity contribution in [2.45, 2.75) is 12.8 Å². The van der Waals surface area contributed by atoms with E-state index in [1.54, 1.807) is 24.3 Å². The topological polar surface area (TPSA) is 84.2 Å². The lowest BCUT2D eigenvalue weighted by Gasteiger charge is -2.26. The van der Waals surface area contributed by atoms with Gasteiger partial charge in [0.1, 0.15) is 0 Å². The van der Waals surface area contributed by atoms with Crippen LogP contribution in [-0.2, 0) is 16.0 Å². The van der Waals surface area contributed by atoms with Crippen LogP contribution in [0.2, 0.25) is 0 Å². The number of primary amides is 1. The van der Waals surface area contributed by atoms with Crippen molar-refractivity contribution in [3.8, 4) is 0 Å². The molecule has 1 aromatic rings. The summed E-state index contributed by atoms with van der Waals surface area (Å²) < 4.78 is 0. The number of amides is 2. The molecule has 0 atom stereocenters. The number of anilines is 1. The van der Waals surface area contributed by atoms with Gasteiger partial charge in [0.05, 0.1) is 6.42 Å². The van der Waals surface area contributed by atoms with E-state index in [1.807, 2.05) is 0 Å². The summed E-state index contributed by atoms with van der Waals surface area (Å²) in [7, 11) is 0. The van der Waals surface area contributed by atoms with Gasteiger partial charge < -0.3 is 16.4 Å². The van der Waals surface area contributed by atoms with Crippen LogP contribution in [0.15, 0.2) is 24.3 Å². The van der Waals surface area contributed by atoms with Crippen molar-refractivity contribution in [1.82, 2.24) is 5.32 Å². The Morgan fingerprint density at radius 3 is 2.44 bits per heavy atom. The van der Waals surface area contributed by atoms with Gasteiger partial charge in [-0.05, 0) is 36.7 Å². The highest BCUT2D eigenvalue weighted by molar-refractivity contribution is 5.91. The van der Waals surface area contributed by atoms with Crippen LogP contribution in [0.1, 0.15) is 12.0 Å². The predicted octanol–water partition coefficient (Wildman–Crippen LogP) is 0.262. The van der Waals surface area contributed by atoms with Crippen LogP contribution in [-0.4, -0.2) is 24.9 Å². The highest BCUT2D eigenvalue weighted by Gasteiger charge is 2.19. The first-order chi connectivity index (χ1) is 8.63. The first kappa shape index (κ1) is 12.6. The van der Waals surface area contributed by atoms with E-state index < -0.39 is 0 Å². The zero-order chi connectivity index (χ0) is 13.0. The van der Waals surface area contributed by atoms with Crippen molar-refractivity contribution >= 4 is 17.5 Å². The van der Waals surface area contributed by atoms with Crippen LogP contribution in [0.25, 0.3) is 0 Å². The van der Waals surface area contributed by atoms with Crippen molar-refractivity contribution in [2.24, 2.45) is 11.7 Å². The van der Waals surface area contributed by atoms with Crippen LogP contribution in [0.4, 0.5) is 5.69 Å². The van der Waals surface area contributed by atoms with Gasteiger partial charge in [-0.15, -0.1) is 0 Å². The molecule has 1 aliphatic heterocycles. The molecule has 1 heterocycles. The third-order valence-electron chi connectivity index (χ3n) is 2.96. The van der Waals surface area contributed by atoms with Gasteiger partial charge in [-0.3, -0.25) is 9.59 Å². The maximum Gasteiger partial charge on any atom is 0.224 e. The summed E-state index contributed by atoms with van der Waals surface area (Å²) in [6.07, 6.45) is 0.776. The van der Waals surface area contributed by atoms with E-state index in [1.165, 1.54) is 0 Å². The molecule has 1 fully saturated rings. The molecule has 0 radical (unpaired) electrons. The van der Waals surface area contributed by atoms with Gasteiger partial charge in [-0.2, -0.15) is 0 Å². The smallest absolute Gasteiger partial charge is 0.224 e. The quantitative estimate of drug-likeness (QED) is 0.698. The molecule has 96 valence electrons. The molecule has 0 aromatic heterocycles. The fourth-order valence-electron chi connectivity index (χ4n) is 1.87. The Morgan fingerprint density at radius 2 is 1.94 bits per heavy atom. The van der Waals surface area contributed by atoms with Gasteiger partial charge in [0.15, 0.2) is 0 Å². The van der Waals surface area contributed by atoms with Gasteiger partial charge in [0, 0.05) is 12.1 Å². The Labute approximate surface area is 106 Å². The van der Waals surface area contributed by atoms with Crippen molar-refractivity contribution in [2.75, 3.05) is 18.4 Å². The van der Waals surface area contributed by atoms with E-state index in [0.717, 1.165) is 24.3 Å². The molecule has 0 unspecified atom stereocenters. The second-order valence-corrected chi connectivity index (χ2v) is 4.62. The fraction of sp³-hybridized carbons (Fsp3) is 0.385. The molecular weight excluding hydrogens is 230 g/mol. The van der Waals surface area contributed by atoms with Crippen LogP contribution >= 0.6 is 0 Å². The van der Waals surface area contributed by atoms with Crippen molar-refractivity contribution < 1.29 is 9.59 Å². The van der Waals surface area contributed by atoms with Gasteiger partial charge in [0.25, 0.3) is 0 Å². The summed E-state index contributed by atoms with van der Waals surface area (Å²) in [5.74, 6) is 0.132. The van der Waals surface area contributed by atoms with Gasteiger partial charge in [0.2, 0.25) is 11.8 Å². The highest BCUT2D eigenvalue weighted by atomic mass is 16.1. The average Bonchev–Trinajstić information content (AvgIpc) is 2.26. The molecule has 2 amide bonds. The third-order valence-corrected chi connectivity index (χ3v) is 2.96. The lowest BCUT2D eigenvalue weighted by molar-refractivity contribution is -0.118. The predicted molar refractivity (Wildman–Crippen MR) is 68.9 cm³/mol. The summed E-state index contributed by atoms with van der Waals surface area (Å²) in [5, 5.41) is 5.97. The maximum absolute atomic E-state index is 11.7. The Kier molecular flexibility index (Phi) is 3.94. The van der Waals surface area contributed by atoms with E-state index in [9.17, 15) is 9.59 Å². The number of carbonyl (C=O) groups excluding carboxylic acids is 2. The first-order valence-corrected chi connectivity index (χ1v) is 6.01. The van der Waals surface area contributed by atoms with E-state index in [-0.39, 0.29) is 18.2 Å². The van der Waals surface area contributed by atoms with Crippen LogP contribution in [0.5, 0.6) is 0 Å². The SMILES string of the molecule is NC(=O)Cc1ccc(NC(=O)CC2CNC2)cc1. The summed E-state index contributed by atoms with van der Waals surface area (Å²) in [6, 6.07) is 7.17. The molecule has 0 bridgehead atoms. The number of nitrogens with one attached hydrogen (secondary N) is 2. The lowest BCUT2D eigenvalue weighted by atomic mass is 9.99. The van der Waals surface area contributed by atoms with Crippen molar-refractivity contribution in [3.05, 3.63) is 29.8 Å². The van der Waals surface area contributed by atoms with E-state index >= 15 is 0 Å². The van der Waals surface area contributed by atoms with Crippen LogP contribution < -0.4 is 16.4 Å². The number of nitrogens with two attached hydrogens (primary N) is 1. The average molecular weight is 247 g/mol. The summed E-state index contributed by atoms with van der Waals surface area (Å²) in [6.45, 7) is 1.84. The molecule has 5 heteroatoms. The Bertz CT molecular complexity index is 438. The van der Waals surface area contributed by atoms with E-state index in [4.69, 9.17) is 5.73 Å². The number of benzene rings is 1. The van der Waals surface area contributed by atoms with Crippen molar-refractivity contribution in [1.29, 1.82) is 0 Å². The summed E-state index contributed by atoms with van der Waals surface area (Å²) in [5.41, 5.74) is 6.71. The molecule has 1 saturated heterocycles. The zero-order valence-electron chi connectivity index (χ0n) is 10.1. The molecule has 0 aliphatic carbocycles. The molecule has 0 spiro atoms. The monoisotopic (exact) mass is 247 g/mol. The summed E-state index contributed by atoms with van der Waals surface area (Å²) >= 11 is 0. The summed E-state index contributed by atoms with van der Waals surface area (Å²) in [4.78, 5) is 22.4. The van der Waals surface area contributed by atoms with Gasteiger partial charge in [-0.1, -0.05) is 12.1 Å². The number of hydrogen-bond acceptors (Lipinski definition) is 3.